The highest BCUT2D eigenvalue weighted by Crippen LogP contribution is 2.15. The van der Waals surface area contributed by atoms with Gasteiger partial charge in [-0.2, -0.15) is 12.6 Å². The Bertz CT molecular complexity index is 46.0. The molecule has 0 aliphatic heterocycles. The highest BCUT2D eigenvalue weighted by atomic mass is 32.1. The first-order valence-corrected chi connectivity index (χ1v) is 2.90. The predicted octanol–water partition coefficient (Wildman–Crippen LogP) is 1.08. The first-order valence-electron chi connectivity index (χ1n) is 2.45. The number of thiol groups is 1. The van der Waals surface area contributed by atoms with Gasteiger partial charge >= 0.3 is 0 Å². The van der Waals surface area contributed by atoms with E-state index in [-0.39, 0.29) is 11.4 Å². The Hall–Kier alpha value is 0.310. The van der Waals surface area contributed by atoms with E-state index in [0.717, 1.165) is 6.42 Å². The maximum Gasteiger partial charge on any atom is 0.0572 e. The number of hydrogen-bond donors (Lipinski definition) is 2. The zero-order valence-corrected chi connectivity index (χ0v) is 5.70. The Balaban J connectivity index is 3.36. The second kappa shape index (κ2) is 2.58. The normalized spacial score (nSPS) is 18.9. The summed E-state index contributed by atoms with van der Waals surface area (Å²) in [5.41, 5.74) is 0. The molecule has 0 aromatic rings. The summed E-state index contributed by atoms with van der Waals surface area (Å²) in [5.74, 6) is 0. The van der Waals surface area contributed by atoms with Gasteiger partial charge in [0.1, 0.15) is 0 Å². The standard InChI is InChI=1S/C5H12OS/c1-3-5(2,7)4-6/h6-7H,3-4H2,1-2H3/t5-/m1/s1. The minimum atomic E-state index is -0.167. The molecule has 0 rings (SSSR count). The molecule has 0 radical (unpaired) electrons. The van der Waals surface area contributed by atoms with Crippen molar-refractivity contribution in [3.05, 3.63) is 0 Å². The summed E-state index contributed by atoms with van der Waals surface area (Å²) < 4.78 is -0.167. The lowest BCUT2D eigenvalue weighted by Crippen LogP contribution is -2.19. The summed E-state index contributed by atoms with van der Waals surface area (Å²) in [6.45, 7) is 4.08. The van der Waals surface area contributed by atoms with Gasteiger partial charge in [0.15, 0.2) is 0 Å². The molecule has 0 saturated carbocycles. The van der Waals surface area contributed by atoms with E-state index in [1.54, 1.807) is 0 Å². The number of aliphatic hydroxyl groups excluding tert-OH is 1. The van der Waals surface area contributed by atoms with E-state index in [4.69, 9.17) is 5.11 Å². The van der Waals surface area contributed by atoms with Crippen molar-refractivity contribution in [2.75, 3.05) is 6.61 Å². The molecule has 0 saturated heterocycles. The summed E-state index contributed by atoms with van der Waals surface area (Å²) in [6.07, 6.45) is 0.909. The smallest absolute Gasteiger partial charge is 0.0572 e. The lowest BCUT2D eigenvalue weighted by molar-refractivity contribution is 0.254. The predicted molar refractivity (Wildman–Crippen MR) is 34.8 cm³/mol. The van der Waals surface area contributed by atoms with Crippen LogP contribution in [0.5, 0.6) is 0 Å². The number of aliphatic hydroxyl groups is 1. The zero-order chi connectivity index (χ0) is 5.91. The van der Waals surface area contributed by atoms with E-state index < -0.39 is 0 Å². The van der Waals surface area contributed by atoms with Crippen LogP contribution in [-0.2, 0) is 0 Å². The lowest BCUT2D eigenvalue weighted by atomic mass is 10.1. The van der Waals surface area contributed by atoms with E-state index in [1.807, 2.05) is 13.8 Å². The van der Waals surface area contributed by atoms with Crippen molar-refractivity contribution in [2.24, 2.45) is 0 Å². The Labute approximate surface area is 50.1 Å². The van der Waals surface area contributed by atoms with Crippen LogP contribution in [0, 0.1) is 0 Å². The van der Waals surface area contributed by atoms with E-state index in [9.17, 15) is 0 Å². The molecule has 0 unspecified atom stereocenters. The highest BCUT2D eigenvalue weighted by Gasteiger charge is 2.12. The SMILES string of the molecule is CC[C@@](C)(S)CO. The Morgan fingerprint density at radius 2 is 2.14 bits per heavy atom. The first kappa shape index (κ1) is 7.31. The Kier molecular flexibility index (Phi) is 2.69. The maximum absolute atomic E-state index is 8.52. The molecule has 1 nitrogen and oxygen atoms in total. The van der Waals surface area contributed by atoms with Crippen LogP contribution in [-0.4, -0.2) is 16.5 Å². The Morgan fingerprint density at radius 3 is 2.14 bits per heavy atom. The quantitative estimate of drug-likeness (QED) is 0.522. The van der Waals surface area contributed by atoms with Crippen molar-refractivity contribution in [1.29, 1.82) is 0 Å². The summed E-state index contributed by atoms with van der Waals surface area (Å²) >= 11 is 4.14. The molecule has 0 heterocycles. The molecule has 2 heteroatoms. The second-order valence-corrected chi connectivity index (χ2v) is 3.09. The monoisotopic (exact) mass is 120 g/mol. The topological polar surface area (TPSA) is 20.2 Å². The molecule has 1 atom stereocenters. The van der Waals surface area contributed by atoms with Gasteiger partial charge in [-0.3, -0.25) is 0 Å². The van der Waals surface area contributed by atoms with E-state index in [2.05, 4.69) is 12.6 Å². The Morgan fingerprint density at radius 1 is 1.71 bits per heavy atom. The molecular formula is C5H12OS. The number of hydrogen-bond acceptors (Lipinski definition) is 2. The average Bonchev–Trinajstić information content (AvgIpc) is 1.68. The lowest BCUT2D eigenvalue weighted by Gasteiger charge is -2.16. The summed E-state index contributed by atoms with van der Waals surface area (Å²) in [7, 11) is 0. The maximum atomic E-state index is 8.52. The molecule has 0 aromatic heterocycles. The summed E-state index contributed by atoms with van der Waals surface area (Å²) in [6, 6.07) is 0. The van der Waals surface area contributed by atoms with Crippen LogP contribution >= 0.6 is 12.6 Å². The van der Waals surface area contributed by atoms with Crippen LogP contribution in [0.4, 0.5) is 0 Å². The molecule has 7 heavy (non-hydrogen) atoms. The van der Waals surface area contributed by atoms with Crippen molar-refractivity contribution in [3.63, 3.8) is 0 Å². The van der Waals surface area contributed by atoms with Gasteiger partial charge in [0.2, 0.25) is 0 Å². The summed E-state index contributed by atoms with van der Waals surface area (Å²) in [4.78, 5) is 0. The molecule has 44 valence electrons. The second-order valence-electron chi connectivity index (χ2n) is 2.01. The van der Waals surface area contributed by atoms with Gasteiger partial charge in [-0.25, -0.2) is 0 Å². The molecule has 1 N–H and O–H groups in total. The molecule has 0 aromatic carbocycles. The van der Waals surface area contributed by atoms with Gasteiger partial charge in [0, 0.05) is 4.75 Å². The van der Waals surface area contributed by atoms with E-state index in [1.165, 1.54) is 0 Å². The third-order valence-electron chi connectivity index (χ3n) is 1.10. The molecule has 0 amide bonds. The highest BCUT2D eigenvalue weighted by molar-refractivity contribution is 7.81. The zero-order valence-electron chi connectivity index (χ0n) is 4.81. The fourth-order valence-electron chi connectivity index (χ4n) is 0.112. The van der Waals surface area contributed by atoms with E-state index in [0.29, 0.717) is 0 Å². The van der Waals surface area contributed by atoms with Crippen LogP contribution < -0.4 is 0 Å². The van der Waals surface area contributed by atoms with Crippen LogP contribution in [0.3, 0.4) is 0 Å². The van der Waals surface area contributed by atoms with Gasteiger partial charge in [0.05, 0.1) is 6.61 Å². The van der Waals surface area contributed by atoms with Gasteiger partial charge in [0.25, 0.3) is 0 Å². The third kappa shape index (κ3) is 2.94. The van der Waals surface area contributed by atoms with Gasteiger partial charge in [-0.15, -0.1) is 0 Å². The van der Waals surface area contributed by atoms with Crippen LogP contribution in [0.15, 0.2) is 0 Å². The van der Waals surface area contributed by atoms with E-state index >= 15 is 0 Å². The molecule has 0 aliphatic rings. The molecule has 0 aliphatic carbocycles. The van der Waals surface area contributed by atoms with Gasteiger partial charge < -0.3 is 5.11 Å². The first-order chi connectivity index (χ1) is 3.12. The minimum Gasteiger partial charge on any atom is -0.395 e. The third-order valence-corrected chi connectivity index (χ3v) is 1.56. The van der Waals surface area contributed by atoms with Crippen molar-refractivity contribution < 1.29 is 5.11 Å². The summed E-state index contributed by atoms with van der Waals surface area (Å²) in [5, 5.41) is 8.52. The fraction of sp³-hybridized carbons (Fsp3) is 1.00. The van der Waals surface area contributed by atoms with Gasteiger partial charge in [-0.1, -0.05) is 6.92 Å². The van der Waals surface area contributed by atoms with Crippen molar-refractivity contribution in [2.45, 2.75) is 25.0 Å². The molecule has 0 spiro atoms. The van der Waals surface area contributed by atoms with Crippen LogP contribution in [0.2, 0.25) is 0 Å². The van der Waals surface area contributed by atoms with Crippen LogP contribution in [0.25, 0.3) is 0 Å². The average molecular weight is 120 g/mol. The minimum absolute atomic E-state index is 0.159. The number of rotatable bonds is 2. The fourth-order valence-corrected chi connectivity index (χ4v) is 0.112. The molecular weight excluding hydrogens is 108 g/mol. The van der Waals surface area contributed by atoms with Crippen LogP contribution in [0.1, 0.15) is 20.3 Å². The van der Waals surface area contributed by atoms with Crippen molar-refractivity contribution in [3.8, 4) is 0 Å². The van der Waals surface area contributed by atoms with Crippen molar-refractivity contribution >= 4 is 12.6 Å². The molecule has 0 fully saturated rings. The van der Waals surface area contributed by atoms with Gasteiger partial charge in [-0.05, 0) is 13.3 Å². The molecule has 0 bridgehead atoms. The largest absolute Gasteiger partial charge is 0.395 e. The van der Waals surface area contributed by atoms with Crippen molar-refractivity contribution in [1.82, 2.24) is 0 Å².